The zero-order valence-electron chi connectivity index (χ0n) is 15.4. The molecule has 142 valence electrons. The summed E-state index contributed by atoms with van der Waals surface area (Å²) in [4.78, 5) is 8.65. The van der Waals surface area contributed by atoms with Crippen LogP contribution in [0.3, 0.4) is 0 Å². The van der Waals surface area contributed by atoms with Gasteiger partial charge >= 0.3 is 0 Å². The molecule has 6 nitrogen and oxygen atoms in total. The van der Waals surface area contributed by atoms with Gasteiger partial charge in [-0.3, -0.25) is 4.98 Å². The highest BCUT2D eigenvalue weighted by Gasteiger charge is 2.44. The third-order valence-electron chi connectivity index (χ3n) is 5.71. The molecule has 0 amide bonds. The van der Waals surface area contributed by atoms with Crippen molar-refractivity contribution >= 4 is 21.8 Å². The number of benzene rings is 1. The van der Waals surface area contributed by atoms with E-state index in [1.807, 2.05) is 54.1 Å². The maximum atomic E-state index is 10.7. The van der Waals surface area contributed by atoms with Crippen LogP contribution in [-0.2, 0) is 0 Å². The molecule has 5 rings (SSSR count). The molecule has 4 atom stereocenters. The van der Waals surface area contributed by atoms with E-state index < -0.39 is 18.3 Å². The van der Waals surface area contributed by atoms with Gasteiger partial charge in [0.15, 0.2) is 0 Å². The lowest BCUT2D eigenvalue weighted by molar-refractivity contribution is -0.0160. The highest BCUT2D eigenvalue weighted by atomic mass is 16.5. The summed E-state index contributed by atoms with van der Waals surface area (Å²) >= 11 is 0. The van der Waals surface area contributed by atoms with Crippen molar-refractivity contribution in [1.29, 1.82) is 0 Å². The number of rotatable bonds is 3. The summed E-state index contributed by atoms with van der Waals surface area (Å²) in [6.45, 7) is 2.04. The number of pyridine rings is 2. The molecule has 3 heterocycles. The van der Waals surface area contributed by atoms with Gasteiger partial charge in [0.2, 0.25) is 0 Å². The van der Waals surface area contributed by atoms with E-state index >= 15 is 0 Å². The number of hydrogen-bond acceptors (Lipinski definition) is 5. The van der Waals surface area contributed by atoms with Gasteiger partial charge < -0.3 is 19.5 Å². The Morgan fingerprint density at radius 2 is 1.93 bits per heavy atom. The number of hydrogen-bond donors (Lipinski definition) is 2. The number of fused-ring (bicyclic) bond motifs is 2. The smallest absolute Gasteiger partial charge is 0.140 e. The number of aromatic nitrogens is 3. The van der Waals surface area contributed by atoms with Crippen LogP contribution in [0.1, 0.15) is 18.0 Å². The first kappa shape index (κ1) is 17.2. The number of aryl methyl sites for hydroxylation is 1. The third-order valence-corrected chi connectivity index (χ3v) is 5.71. The molecule has 0 aliphatic heterocycles. The minimum Gasteiger partial charge on any atom is -0.487 e. The first-order valence-electron chi connectivity index (χ1n) is 9.41. The number of aliphatic hydroxyl groups is 2. The standard InChI is InChI=1S/C22H21N3O3/c1-13-5-9-24-22-15(13)7-10-25(22)17-11-19(21(27)20(17)26)28-18-4-2-3-14-6-8-23-12-16(14)18/h2-10,12,17,19-21,26-27H,11H2,1H3/t17?,19?,20-,21+/m0/s1. The van der Waals surface area contributed by atoms with Crippen molar-refractivity contribution in [2.75, 3.05) is 0 Å². The van der Waals surface area contributed by atoms with Crippen LogP contribution in [0, 0.1) is 6.92 Å². The van der Waals surface area contributed by atoms with Crippen LogP contribution >= 0.6 is 0 Å². The Labute approximate surface area is 162 Å². The van der Waals surface area contributed by atoms with E-state index in [4.69, 9.17) is 4.74 Å². The van der Waals surface area contributed by atoms with Crippen LogP contribution in [0.5, 0.6) is 5.75 Å². The molecule has 1 saturated carbocycles. The molecule has 2 N–H and O–H groups in total. The quantitative estimate of drug-likeness (QED) is 0.575. The molecule has 0 bridgehead atoms. The lowest BCUT2D eigenvalue weighted by Crippen LogP contribution is -2.34. The molecule has 3 aromatic heterocycles. The van der Waals surface area contributed by atoms with Gasteiger partial charge in [-0.15, -0.1) is 0 Å². The second kappa shape index (κ2) is 6.58. The Morgan fingerprint density at radius 3 is 2.82 bits per heavy atom. The Balaban J connectivity index is 1.47. The Morgan fingerprint density at radius 1 is 1.04 bits per heavy atom. The normalized spacial score (nSPS) is 24.8. The maximum Gasteiger partial charge on any atom is 0.140 e. The van der Waals surface area contributed by atoms with Gasteiger partial charge in [0.25, 0.3) is 0 Å². The Kier molecular flexibility index (Phi) is 4.03. The van der Waals surface area contributed by atoms with E-state index in [0.717, 1.165) is 27.4 Å². The van der Waals surface area contributed by atoms with Crippen molar-refractivity contribution < 1.29 is 14.9 Å². The maximum absolute atomic E-state index is 10.7. The predicted octanol–water partition coefficient (Wildman–Crippen LogP) is 3.01. The fourth-order valence-corrected chi connectivity index (χ4v) is 4.17. The summed E-state index contributed by atoms with van der Waals surface area (Å²) in [5.41, 5.74) is 1.94. The summed E-state index contributed by atoms with van der Waals surface area (Å²) in [6, 6.07) is 11.4. The number of ether oxygens (including phenoxy) is 1. The predicted molar refractivity (Wildman–Crippen MR) is 106 cm³/mol. The molecule has 1 aliphatic rings. The minimum absolute atomic E-state index is 0.306. The monoisotopic (exact) mass is 375 g/mol. The lowest BCUT2D eigenvalue weighted by Gasteiger charge is -2.19. The number of aliphatic hydroxyl groups excluding tert-OH is 2. The molecule has 4 aromatic rings. The van der Waals surface area contributed by atoms with E-state index in [2.05, 4.69) is 9.97 Å². The molecule has 28 heavy (non-hydrogen) atoms. The molecular weight excluding hydrogens is 354 g/mol. The van der Waals surface area contributed by atoms with Crippen LogP contribution < -0.4 is 4.74 Å². The van der Waals surface area contributed by atoms with E-state index in [-0.39, 0.29) is 6.04 Å². The van der Waals surface area contributed by atoms with Gasteiger partial charge in [-0.2, -0.15) is 0 Å². The van der Waals surface area contributed by atoms with Gasteiger partial charge in [0.05, 0.1) is 6.04 Å². The second-order valence-corrected chi connectivity index (χ2v) is 7.38. The molecule has 1 aliphatic carbocycles. The van der Waals surface area contributed by atoms with Gasteiger partial charge in [-0.25, -0.2) is 4.98 Å². The SMILES string of the molecule is Cc1ccnc2c1ccn2C1CC(Oc2cccc3ccncc23)[C@@H](O)[C@H]1O. The minimum atomic E-state index is -0.987. The number of nitrogens with zero attached hydrogens (tertiary/aromatic N) is 3. The zero-order valence-corrected chi connectivity index (χ0v) is 15.4. The molecule has 2 unspecified atom stereocenters. The summed E-state index contributed by atoms with van der Waals surface area (Å²) in [6.07, 6.45) is 5.23. The average molecular weight is 375 g/mol. The van der Waals surface area contributed by atoms with Gasteiger partial charge in [-0.05, 0) is 42.1 Å². The van der Waals surface area contributed by atoms with Crippen LogP contribution in [0.25, 0.3) is 21.8 Å². The van der Waals surface area contributed by atoms with Crippen LogP contribution in [0.4, 0.5) is 0 Å². The largest absolute Gasteiger partial charge is 0.487 e. The first-order chi connectivity index (χ1) is 13.6. The fourth-order valence-electron chi connectivity index (χ4n) is 4.17. The van der Waals surface area contributed by atoms with Crippen molar-refractivity contribution in [2.24, 2.45) is 0 Å². The summed E-state index contributed by atoms with van der Waals surface area (Å²) in [5, 5.41) is 24.4. The van der Waals surface area contributed by atoms with Crippen molar-refractivity contribution in [1.82, 2.24) is 14.5 Å². The second-order valence-electron chi connectivity index (χ2n) is 7.38. The fraction of sp³-hybridized carbons (Fsp3) is 0.273. The highest BCUT2D eigenvalue weighted by molar-refractivity contribution is 5.87. The van der Waals surface area contributed by atoms with E-state index in [1.165, 1.54) is 0 Å². The van der Waals surface area contributed by atoms with E-state index in [9.17, 15) is 10.2 Å². The van der Waals surface area contributed by atoms with Gasteiger partial charge in [-0.1, -0.05) is 12.1 Å². The average Bonchev–Trinajstić information content (AvgIpc) is 3.26. The zero-order chi connectivity index (χ0) is 19.3. The lowest BCUT2D eigenvalue weighted by atomic mass is 10.1. The van der Waals surface area contributed by atoms with Crippen molar-refractivity contribution in [3.63, 3.8) is 0 Å². The third kappa shape index (κ3) is 2.65. The molecular formula is C22H21N3O3. The van der Waals surface area contributed by atoms with Gasteiger partial charge in [0.1, 0.15) is 29.7 Å². The molecule has 0 radical (unpaired) electrons. The van der Waals surface area contributed by atoms with E-state index in [1.54, 1.807) is 18.6 Å². The van der Waals surface area contributed by atoms with Crippen molar-refractivity contribution in [3.05, 3.63) is 66.7 Å². The summed E-state index contributed by atoms with van der Waals surface area (Å²) in [5.74, 6) is 0.661. The van der Waals surface area contributed by atoms with Gasteiger partial charge in [0, 0.05) is 42.0 Å². The molecule has 0 spiro atoms. The Hall–Kier alpha value is -2.96. The van der Waals surface area contributed by atoms with Crippen LogP contribution in [-0.4, -0.2) is 43.1 Å². The van der Waals surface area contributed by atoms with Crippen molar-refractivity contribution in [3.8, 4) is 5.75 Å². The highest BCUT2D eigenvalue weighted by Crippen LogP contribution is 2.37. The molecule has 1 fully saturated rings. The molecule has 0 saturated heterocycles. The molecule has 6 heteroatoms. The summed E-state index contributed by atoms with van der Waals surface area (Å²) < 4.78 is 8.10. The summed E-state index contributed by atoms with van der Waals surface area (Å²) in [7, 11) is 0. The first-order valence-corrected chi connectivity index (χ1v) is 9.41. The Bertz CT molecular complexity index is 1150. The molecule has 1 aromatic carbocycles. The van der Waals surface area contributed by atoms with Crippen molar-refractivity contribution in [2.45, 2.75) is 37.7 Å². The topological polar surface area (TPSA) is 80.4 Å². The van der Waals surface area contributed by atoms with Crippen LogP contribution in [0.2, 0.25) is 0 Å². The van der Waals surface area contributed by atoms with Crippen LogP contribution in [0.15, 0.2) is 61.2 Å². The van der Waals surface area contributed by atoms with E-state index in [0.29, 0.717) is 12.2 Å².